The predicted molar refractivity (Wildman–Crippen MR) is 132 cm³/mol. The molecule has 0 N–H and O–H groups in total. The van der Waals surface area contributed by atoms with Crippen molar-refractivity contribution in [1.82, 2.24) is 14.3 Å². The molecule has 198 valence electrons. The van der Waals surface area contributed by atoms with Gasteiger partial charge >= 0.3 is 12.1 Å². The summed E-state index contributed by atoms with van der Waals surface area (Å²) in [5, 5.41) is 0. The van der Waals surface area contributed by atoms with E-state index in [0.717, 1.165) is 24.8 Å². The monoisotopic (exact) mass is 515 g/mol. The van der Waals surface area contributed by atoms with Crippen LogP contribution in [0.1, 0.15) is 48.8 Å². The Morgan fingerprint density at radius 1 is 1.19 bits per heavy atom. The smallest absolute Gasteiger partial charge is 0.410 e. The average molecular weight is 516 g/mol. The third-order valence-electron chi connectivity index (χ3n) is 6.00. The number of esters is 1. The summed E-state index contributed by atoms with van der Waals surface area (Å²) in [6.45, 7) is 8.45. The highest BCUT2D eigenvalue weighted by Crippen LogP contribution is 2.32. The fourth-order valence-electron chi connectivity index (χ4n) is 4.35. The molecule has 1 saturated heterocycles. The molecule has 1 aliphatic heterocycles. The van der Waals surface area contributed by atoms with Gasteiger partial charge in [0.25, 0.3) is 0 Å². The first kappa shape index (κ1) is 26.5. The van der Waals surface area contributed by atoms with E-state index in [1.165, 1.54) is 0 Å². The van der Waals surface area contributed by atoms with Crippen LogP contribution in [0.5, 0.6) is 0 Å². The van der Waals surface area contributed by atoms with Crippen LogP contribution in [-0.4, -0.2) is 64.9 Å². The highest BCUT2D eigenvalue weighted by Gasteiger charge is 2.30. The normalized spacial score (nSPS) is 16.5. The second-order valence-corrected chi connectivity index (χ2v) is 10.1. The SMILES string of the molecule is COC(=O)c1cc(F)c(-c2nc3cc(C)ccn3c2CC2CN(C(=O)OC(C)(C)C)CCCO2)c(F)c1. The molecule has 1 atom stereocenters. The van der Waals surface area contributed by atoms with Crippen molar-refractivity contribution in [1.29, 1.82) is 0 Å². The molecule has 0 radical (unpaired) electrons. The third-order valence-corrected chi connectivity index (χ3v) is 6.00. The quantitative estimate of drug-likeness (QED) is 0.458. The number of aryl methyl sites for hydroxylation is 1. The zero-order valence-electron chi connectivity index (χ0n) is 21.6. The van der Waals surface area contributed by atoms with Gasteiger partial charge in [-0.1, -0.05) is 0 Å². The van der Waals surface area contributed by atoms with Gasteiger partial charge in [0, 0.05) is 25.8 Å². The largest absolute Gasteiger partial charge is 0.465 e. The van der Waals surface area contributed by atoms with E-state index in [4.69, 9.17) is 9.47 Å². The van der Waals surface area contributed by atoms with Crippen molar-refractivity contribution in [3.05, 3.63) is 58.9 Å². The van der Waals surface area contributed by atoms with Crippen molar-refractivity contribution in [2.45, 2.75) is 52.2 Å². The number of amides is 1. The van der Waals surface area contributed by atoms with Gasteiger partial charge in [0.2, 0.25) is 0 Å². The summed E-state index contributed by atoms with van der Waals surface area (Å²) < 4.78 is 48.4. The summed E-state index contributed by atoms with van der Waals surface area (Å²) >= 11 is 0. The minimum Gasteiger partial charge on any atom is -0.465 e. The fraction of sp³-hybridized carbons (Fsp3) is 0.444. The molecule has 0 aliphatic carbocycles. The summed E-state index contributed by atoms with van der Waals surface area (Å²) in [6, 6.07) is 5.56. The molecule has 2 aromatic heterocycles. The van der Waals surface area contributed by atoms with Crippen LogP contribution in [-0.2, 0) is 20.6 Å². The number of halogens is 2. The standard InChI is InChI=1S/C27H31F2N3O5/c1-16-7-9-32-21(14-18-15-31(8-6-10-36-18)26(34)37-27(2,3)4)24(30-22(32)11-16)23-19(28)12-17(13-20(23)29)25(33)35-5/h7,9,11-13,18H,6,8,10,14-15H2,1-5H3. The number of hydrogen-bond acceptors (Lipinski definition) is 6. The van der Waals surface area contributed by atoms with Crippen LogP contribution in [0.25, 0.3) is 16.9 Å². The maximum absolute atomic E-state index is 15.3. The number of benzene rings is 1. The summed E-state index contributed by atoms with van der Waals surface area (Å²) in [4.78, 5) is 30.7. The van der Waals surface area contributed by atoms with Crippen molar-refractivity contribution in [3.8, 4) is 11.3 Å². The Hall–Kier alpha value is -3.53. The van der Waals surface area contributed by atoms with Crippen molar-refractivity contribution in [2.75, 3.05) is 26.8 Å². The molecule has 0 spiro atoms. The van der Waals surface area contributed by atoms with E-state index in [2.05, 4.69) is 9.72 Å². The van der Waals surface area contributed by atoms with Crippen LogP contribution in [0.2, 0.25) is 0 Å². The Labute approximate surface area is 214 Å². The first-order valence-corrected chi connectivity index (χ1v) is 12.1. The number of ether oxygens (including phenoxy) is 3. The van der Waals surface area contributed by atoms with Crippen LogP contribution >= 0.6 is 0 Å². The van der Waals surface area contributed by atoms with E-state index < -0.39 is 35.4 Å². The lowest BCUT2D eigenvalue weighted by Crippen LogP contribution is -2.41. The molecule has 1 fully saturated rings. The van der Waals surface area contributed by atoms with Gasteiger partial charge in [-0.2, -0.15) is 0 Å². The number of pyridine rings is 1. The maximum Gasteiger partial charge on any atom is 0.410 e. The minimum atomic E-state index is -0.932. The van der Waals surface area contributed by atoms with Crippen molar-refractivity contribution in [2.24, 2.45) is 0 Å². The Bertz CT molecular complexity index is 1310. The molecule has 1 unspecified atom stereocenters. The highest BCUT2D eigenvalue weighted by atomic mass is 19.1. The number of fused-ring (bicyclic) bond motifs is 1. The van der Waals surface area contributed by atoms with Crippen molar-refractivity contribution >= 4 is 17.7 Å². The minimum absolute atomic E-state index is 0.105. The van der Waals surface area contributed by atoms with Gasteiger partial charge in [0.05, 0.1) is 42.3 Å². The lowest BCUT2D eigenvalue weighted by molar-refractivity contribution is 0.0142. The van der Waals surface area contributed by atoms with Gasteiger partial charge in [-0.05, 0) is 63.9 Å². The molecule has 10 heteroatoms. The van der Waals surface area contributed by atoms with Crippen LogP contribution in [0, 0.1) is 18.6 Å². The molecular formula is C27H31F2N3O5. The molecule has 0 bridgehead atoms. The molecule has 8 nitrogen and oxygen atoms in total. The molecule has 37 heavy (non-hydrogen) atoms. The first-order valence-electron chi connectivity index (χ1n) is 12.1. The Morgan fingerprint density at radius 3 is 2.54 bits per heavy atom. The zero-order valence-corrected chi connectivity index (χ0v) is 21.6. The predicted octanol–water partition coefficient (Wildman–Crippen LogP) is 4.94. The molecular weight excluding hydrogens is 484 g/mol. The number of methoxy groups -OCH3 is 1. The molecule has 1 aromatic carbocycles. The van der Waals surface area contributed by atoms with E-state index in [1.54, 1.807) is 36.3 Å². The lowest BCUT2D eigenvalue weighted by Gasteiger charge is -2.28. The molecule has 4 rings (SSSR count). The number of aromatic nitrogens is 2. The van der Waals surface area contributed by atoms with Gasteiger partial charge in [0.15, 0.2) is 0 Å². The number of carbonyl (C=O) groups excluding carboxylic acids is 2. The van der Waals surface area contributed by atoms with E-state index in [0.29, 0.717) is 30.9 Å². The topological polar surface area (TPSA) is 82.4 Å². The third kappa shape index (κ3) is 5.90. The van der Waals surface area contributed by atoms with Gasteiger partial charge in [0.1, 0.15) is 22.9 Å². The van der Waals surface area contributed by atoms with Crippen LogP contribution in [0.3, 0.4) is 0 Å². The first-order chi connectivity index (χ1) is 17.5. The van der Waals surface area contributed by atoms with Gasteiger partial charge in [-0.15, -0.1) is 0 Å². The summed E-state index contributed by atoms with van der Waals surface area (Å²) in [5.74, 6) is -2.71. The van der Waals surface area contributed by atoms with E-state index in [-0.39, 0.29) is 29.8 Å². The Kier molecular flexibility index (Phi) is 7.49. The lowest BCUT2D eigenvalue weighted by atomic mass is 10.0. The number of rotatable bonds is 4. The zero-order chi connectivity index (χ0) is 26.9. The van der Waals surface area contributed by atoms with E-state index in [9.17, 15) is 9.59 Å². The molecule has 1 amide bonds. The van der Waals surface area contributed by atoms with Crippen molar-refractivity contribution < 1.29 is 32.6 Å². The number of nitrogens with zero attached hydrogens (tertiary/aromatic N) is 3. The van der Waals surface area contributed by atoms with Crippen LogP contribution < -0.4 is 0 Å². The number of imidazole rings is 1. The van der Waals surface area contributed by atoms with E-state index in [1.807, 2.05) is 19.1 Å². The summed E-state index contributed by atoms with van der Waals surface area (Å²) in [5.41, 5.74) is 0.850. The maximum atomic E-state index is 15.3. The van der Waals surface area contributed by atoms with Gasteiger partial charge in [-0.25, -0.2) is 23.4 Å². The highest BCUT2D eigenvalue weighted by molar-refractivity contribution is 5.90. The molecule has 3 heterocycles. The molecule has 0 saturated carbocycles. The van der Waals surface area contributed by atoms with Crippen molar-refractivity contribution in [3.63, 3.8) is 0 Å². The summed E-state index contributed by atoms with van der Waals surface area (Å²) in [7, 11) is 1.14. The summed E-state index contributed by atoms with van der Waals surface area (Å²) in [6.07, 6.45) is 1.75. The van der Waals surface area contributed by atoms with Crippen LogP contribution in [0.4, 0.5) is 13.6 Å². The van der Waals surface area contributed by atoms with Crippen LogP contribution in [0.15, 0.2) is 30.5 Å². The Balaban J connectivity index is 1.74. The van der Waals surface area contributed by atoms with Gasteiger partial charge in [-0.3, -0.25) is 0 Å². The number of carbonyl (C=O) groups is 2. The molecule has 1 aliphatic rings. The Morgan fingerprint density at radius 2 is 1.89 bits per heavy atom. The van der Waals surface area contributed by atoms with E-state index >= 15 is 8.78 Å². The van der Waals surface area contributed by atoms with Gasteiger partial charge < -0.3 is 23.5 Å². The number of hydrogen-bond donors (Lipinski definition) is 0. The second-order valence-electron chi connectivity index (χ2n) is 10.1. The average Bonchev–Trinajstić information content (AvgIpc) is 2.98. The second kappa shape index (κ2) is 10.5. The molecule has 3 aromatic rings. The fourth-order valence-corrected chi connectivity index (χ4v) is 4.35.